The summed E-state index contributed by atoms with van der Waals surface area (Å²) in [6, 6.07) is 14.6. The molecule has 0 aliphatic rings. The van der Waals surface area contributed by atoms with Crippen molar-refractivity contribution in [1.29, 1.82) is 0 Å². The summed E-state index contributed by atoms with van der Waals surface area (Å²) in [6.45, 7) is 0. The third-order valence-electron chi connectivity index (χ3n) is 2.43. The number of amides is 3. The minimum Gasteiger partial charge on any atom is -0.399 e. The van der Waals surface area contributed by atoms with Gasteiger partial charge in [0.1, 0.15) is 0 Å². The molecular weight excluding hydrogens is 242 g/mol. The molecule has 0 radical (unpaired) electrons. The number of nitrogen functional groups attached to an aromatic ring is 1. The maximum atomic E-state index is 11.7. The molecule has 0 aliphatic carbocycles. The van der Waals surface area contributed by atoms with Gasteiger partial charge in [0.25, 0.3) is 5.91 Å². The van der Waals surface area contributed by atoms with Gasteiger partial charge in [-0.15, -0.1) is 0 Å². The van der Waals surface area contributed by atoms with E-state index in [-0.39, 0.29) is 0 Å². The van der Waals surface area contributed by atoms with Gasteiger partial charge in [-0.05, 0) is 36.4 Å². The van der Waals surface area contributed by atoms with Crippen LogP contribution in [0.3, 0.4) is 0 Å². The highest BCUT2D eigenvalue weighted by atomic mass is 16.2. The normalized spacial score (nSPS) is 9.68. The predicted molar refractivity (Wildman–Crippen MR) is 73.8 cm³/mol. The Morgan fingerprint density at radius 2 is 1.53 bits per heavy atom. The summed E-state index contributed by atoms with van der Waals surface area (Å²) in [6.07, 6.45) is 0. The van der Waals surface area contributed by atoms with Gasteiger partial charge in [-0.2, -0.15) is 0 Å². The Hall–Kier alpha value is -2.82. The number of urea groups is 1. The van der Waals surface area contributed by atoms with E-state index in [1.165, 1.54) is 0 Å². The number of hydrogen-bond acceptors (Lipinski definition) is 3. The van der Waals surface area contributed by atoms with Crippen LogP contribution in [0.4, 0.5) is 16.2 Å². The van der Waals surface area contributed by atoms with Crippen molar-refractivity contribution in [3.63, 3.8) is 0 Å². The van der Waals surface area contributed by atoms with Gasteiger partial charge in [-0.1, -0.05) is 18.2 Å². The molecule has 3 amide bonds. The van der Waals surface area contributed by atoms with Gasteiger partial charge in [-0.3, -0.25) is 10.1 Å². The summed E-state index contributed by atoms with van der Waals surface area (Å²) in [5.74, 6) is -0.450. The molecule has 96 valence electrons. The molecule has 0 saturated heterocycles. The molecule has 2 rings (SSSR count). The molecule has 5 nitrogen and oxygen atoms in total. The van der Waals surface area contributed by atoms with E-state index in [4.69, 9.17) is 5.73 Å². The van der Waals surface area contributed by atoms with E-state index < -0.39 is 11.9 Å². The number of nitrogens with two attached hydrogens (primary N) is 1. The summed E-state index contributed by atoms with van der Waals surface area (Å²) in [4.78, 5) is 23.3. The highest BCUT2D eigenvalue weighted by Crippen LogP contribution is 2.10. The fourth-order valence-electron chi connectivity index (χ4n) is 1.49. The highest BCUT2D eigenvalue weighted by molar-refractivity contribution is 6.07. The SMILES string of the molecule is Nc1ccc(NC(=O)NC(=O)c2ccccc2)cc1. The van der Waals surface area contributed by atoms with E-state index in [1.807, 2.05) is 0 Å². The second-order valence-electron chi connectivity index (χ2n) is 3.90. The van der Waals surface area contributed by atoms with Crippen molar-refractivity contribution in [2.75, 3.05) is 11.1 Å². The molecule has 19 heavy (non-hydrogen) atoms. The topological polar surface area (TPSA) is 84.2 Å². The van der Waals surface area contributed by atoms with E-state index in [0.29, 0.717) is 16.9 Å². The lowest BCUT2D eigenvalue weighted by molar-refractivity contribution is 0.0967. The largest absolute Gasteiger partial charge is 0.399 e. The van der Waals surface area contributed by atoms with Crippen molar-refractivity contribution >= 4 is 23.3 Å². The first-order chi connectivity index (χ1) is 9.15. The van der Waals surface area contributed by atoms with E-state index >= 15 is 0 Å². The van der Waals surface area contributed by atoms with Gasteiger partial charge in [0.2, 0.25) is 0 Å². The Morgan fingerprint density at radius 3 is 2.16 bits per heavy atom. The average Bonchev–Trinajstić information content (AvgIpc) is 2.42. The highest BCUT2D eigenvalue weighted by Gasteiger charge is 2.09. The fraction of sp³-hybridized carbons (Fsp3) is 0. The van der Waals surface area contributed by atoms with Crippen LogP contribution >= 0.6 is 0 Å². The molecule has 4 N–H and O–H groups in total. The van der Waals surface area contributed by atoms with Crippen molar-refractivity contribution in [2.45, 2.75) is 0 Å². The zero-order valence-corrected chi connectivity index (χ0v) is 10.1. The number of imide groups is 1. The van der Waals surface area contributed by atoms with Gasteiger partial charge in [0, 0.05) is 16.9 Å². The molecule has 0 aliphatic heterocycles. The Kier molecular flexibility index (Phi) is 3.78. The van der Waals surface area contributed by atoms with Crippen molar-refractivity contribution in [3.8, 4) is 0 Å². The molecule has 0 fully saturated rings. The number of hydrogen-bond donors (Lipinski definition) is 3. The Bertz CT molecular complexity index is 579. The first kappa shape index (κ1) is 12.6. The van der Waals surface area contributed by atoms with Crippen LogP contribution in [0.1, 0.15) is 10.4 Å². The molecule has 0 atom stereocenters. The first-order valence-corrected chi connectivity index (χ1v) is 5.68. The van der Waals surface area contributed by atoms with E-state index in [9.17, 15) is 9.59 Å². The fourth-order valence-corrected chi connectivity index (χ4v) is 1.49. The van der Waals surface area contributed by atoms with E-state index in [1.54, 1.807) is 54.6 Å². The summed E-state index contributed by atoms with van der Waals surface area (Å²) < 4.78 is 0. The van der Waals surface area contributed by atoms with Crippen LogP contribution in [-0.2, 0) is 0 Å². The lowest BCUT2D eigenvalue weighted by Gasteiger charge is -2.06. The standard InChI is InChI=1S/C14H13N3O2/c15-11-6-8-12(9-7-11)16-14(19)17-13(18)10-4-2-1-3-5-10/h1-9H,15H2,(H2,16,17,18,19). The lowest BCUT2D eigenvalue weighted by Crippen LogP contribution is -2.34. The number of carbonyl (C=O) groups excluding carboxylic acids is 2. The summed E-state index contributed by atoms with van der Waals surface area (Å²) in [5.41, 5.74) is 7.12. The average molecular weight is 255 g/mol. The van der Waals surface area contributed by atoms with Crippen LogP contribution in [0.25, 0.3) is 0 Å². The Morgan fingerprint density at radius 1 is 0.895 bits per heavy atom. The number of anilines is 2. The molecule has 0 saturated carbocycles. The molecule has 2 aromatic rings. The van der Waals surface area contributed by atoms with Gasteiger partial charge in [-0.25, -0.2) is 4.79 Å². The summed E-state index contributed by atoms with van der Waals surface area (Å²) in [7, 11) is 0. The van der Waals surface area contributed by atoms with Crippen LogP contribution in [0.5, 0.6) is 0 Å². The monoisotopic (exact) mass is 255 g/mol. The third kappa shape index (κ3) is 3.57. The number of rotatable bonds is 2. The quantitative estimate of drug-likeness (QED) is 0.719. The third-order valence-corrected chi connectivity index (χ3v) is 2.43. The smallest absolute Gasteiger partial charge is 0.326 e. The summed E-state index contributed by atoms with van der Waals surface area (Å²) in [5, 5.41) is 4.78. The van der Waals surface area contributed by atoms with E-state index in [2.05, 4.69) is 10.6 Å². The second kappa shape index (κ2) is 5.68. The minimum atomic E-state index is -0.585. The molecule has 0 aromatic heterocycles. The second-order valence-corrected chi connectivity index (χ2v) is 3.90. The van der Waals surface area contributed by atoms with Gasteiger partial charge < -0.3 is 11.1 Å². The van der Waals surface area contributed by atoms with Crippen molar-refractivity contribution in [2.24, 2.45) is 0 Å². The molecular formula is C14H13N3O2. The van der Waals surface area contributed by atoms with Crippen molar-refractivity contribution < 1.29 is 9.59 Å². The predicted octanol–water partition coefficient (Wildman–Crippen LogP) is 2.23. The van der Waals surface area contributed by atoms with Crippen LogP contribution in [-0.4, -0.2) is 11.9 Å². The van der Waals surface area contributed by atoms with Crippen LogP contribution in [0.2, 0.25) is 0 Å². The zero-order valence-electron chi connectivity index (χ0n) is 10.1. The Balaban J connectivity index is 1.95. The maximum absolute atomic E-state index is 11.7. The molecule has 0 unspecified atom stereocenters. The summed E-state index contributed by atoms with van der Waals surface area (Å²) >= 11 is 0. The lowest BCUT2D eigenvalue weighted by atomic mass is 10.2. The molecule has 2 aromatic carbocycles. The first-order valence-electron chi connectivity index (χ1n) is 5.68. The minimum absolute atomic E-state index is 0.426. The van der Waals surface area contributed by atoms with Gasteiger partial charge in [0.15, 0.2) is 0 Å². The number of benzene rings is 2. The number of nitrogens with one attached hydrogen (secondary N) is 2. The van der Waals surface area contributed by atoms with Crippen LogP contribution in [0.15, 0.2) is 54.6 Å². The molecule has 0 heterocycles. The molecule has 0 spiro atoms. The van der Waals surface area contributed by atoms with Gasteiger partial charge >= 0.3 is 6.03 Å². The molecule has 5 heteroatoms. The number of carbonyl (C=O) groups is 2. The Labute approximate surface area is 110 Å². The van der Waals surface area contributed by atoms with Crippen molar-refractivity contribution in [3.05, 3.63) is 60.2 Å². The van der Waals surface area contributed by atoms with E-state index in [0.717, 1.165) is 0 Å². The zero-order chi connectivity index (χ0) is 13.7. The molecule has 0 bridgehead atoms. The van der Waals surface area contributed by atoms with Gasteiger partial charge in [0.05, 0.1) is 0 Å². The van der Waals surface area contributed by atoms with Crippen LogP contribution < -0.4 is 16.4 Å². The maximum Gasteiger partial charge on any atom is 0.326 e. The van der Waals surface area contributed by atoms with Crippen LogP contribution in [0, 0.1) is 0 Å². The van der Waals surface area contributed by atoms with Crippen molar-refractivity contribution in [1.82, 2.24) is 5.32 Å².